The van der Waals surface area contributed by atoms with Crippen molar-refractivity contribution in [2.24, 2.45) is 0 Å². The highest BCUT2D eigenvalue weighted by molar-refractivity contribution is 6.03. The van der Waals surface area contributed by atoms with Crippen LogP contribution in [0.4, 0.5) is 13.2 Å². The van der Waals surface area contributed by atoms with Gasteiger partial charge in [-0.3, -0.25) is 9.78 Å². The van der Waals surface area contributed by atoms with Gasteiger partial charge in [-0.2, -0.15) is 13.2 Å². The van der Waals surface area contributed by atoms with Crippen LogP contribution in [0.15, 0.2) is 18.5 Å². The summed E-state index contributed by atoms with van der Waals surface area (Å²) in [6, 6.07) is 0.811. The van der Waals surface area contributed by atoms with E-state index in [1.54, 1.807) is 0 Å². The molecule has 0 radical (unpaired) electrons. The Morgan fingerprint density at radius 1 is 1.50 bits per heavy atom. The molecule has 1 atom stereocenters. The van der Waals surface area contributed by atoms with E-state index in [2.05, 4.69) is 4.98 Å². The molecule has 1 aromatic rings. The topological polar surface area (TPSA) is 39.2 Å². The molecule has 0 aromatic carbocycles. The highest BCUT2D eigenvalue weighted by atomic mass is 19.4. The quantitative estimate of drug-likeness (QED) is 0.766. The first kappa shape index (κ1) is 13.0. The lowest BCUT2D eigenvalue weighted by molar-refractivity contribution is -0.138. The van der Waals surface area contributed by atoms with Gasteiger partial charge in [0, 0.05) is 19.0 Å². The molecule has 98 valence electrons. The van der Waals surface area contributed by atoms with Crippen molar-refractivity contribution in [2.75, 3.05) is 6.61 Å². The normalized spacial score (nSPS) is 24.2. The second-order valence-electron chi connectivity index (χ2n) is 4.43. The second kappa shape index (κ2) is 4.35. The molecule has 0 amide bonds. The number of ether oxygens (including phenoxy) is 1. The number of nitrogens with zero attached hydrogens (tertiary/aromatic N) is 1. The van der Waals surface area contributed by atoms with Crippen molar-refractivity contribution >= 4 is 5.78 Å². The van der Waals surface area contributed by atoms with Crippen LogP contribution in [0.5, 0.6) is 0 Å². The summed E-state index contributed by atoms with van der Waals surface area (Å²) in [5.74, 6) is -0.652. The van der Waals surface area contributed by atoms with E-state index in [0.29, 0.717) is 19.4 Å². The molecule has 0 aliphatic carbocycles. The third-order valence-electron chi connectivity index (χ3n) is 3.07. The highest BCUT2D eigenvalue weighted by Gasteiger charge is 2.43. The number of rotatable bonds is 2. The van der Waals surface area contributed by atoms with E-state index in [1.165, 1.54) is 6.92 Å². The average molecular weight is 259 g/mol. The maximum atomic E-state index is 12.8. The van der Waals surface area contributed by atoms with Crippen molar-refractivity contribution in [3.05, 3.63) is 29.6 Å². The van der Waals surface area contributed by atoms with Crippen LogP contribution in [0.2, 0.25) is 0 Å². The zero-order valence-electron chi connectivity index (χ0n) is 9.75. The van der Waals surface area contributed by atoms with Crippen molar-refractivity contribution < 1.29 is 22.7 Å². The summed E-state index contributed by atoms with van der Waals surface area (Å²) in [5, 5.41) is 0. The third-order valence-corrected chi connectivity index (χ3v) is 3.07. The average Bonchev–Trinajstić information content (AvgIpc) is 2.75. The van der Waals surface area contributed by atoms with Crippen molar-refractivity contribution in [3.63, 3.8) is 0 Å². The molecule has 1 aliphatic heterocycles. The van der Waals surface area contributed by atoms with E-state index in [-0.39, 0.29) is 0 Å². The van der Waals surface area contributed by atoms with Gasteiger partial charge < -0.3 is 4.74 Å². The molecule has 0 bridgehead atoms. The molecule has 0 N–H and O–H groups in total. The molecule has 1 fully saturated rings. The van der Waals surface area contributed by atoms with Gasteiger partial charge in [0.1, 0.15) is 5.60 Å². The van der Waals surface area contributed by atoms with E-state index in [1.807, 2.05) is 0 Å². The molecule has 1 aromatic heterocycles. The van der Waals surface area contributed by atoms with Crippen LogP contribution < -0.4 is 0 Å². The molecule has 6 heteroatoms. The Bertz CT molecular complexity index is 465. The summed E-state index contributed by atoms with van der Waals surface area (Å²) in [6.07, 6.45) is -1.49. The zero-order chi connectivity index (χ0) is 13.4. The summed E-state index contributed by atoms with van der Waals surface area (Å²) in [7, 11) is 0. The van der Waals surface area contributed by atoms with Crippen LogP contribution in [0, 0.1) is 0 Å². The van der Waals surface area contributed by atoms with Crippen LogP contribution in [0.25, 0.3) is 0 Å². The first-order valence-electron chi connectivity index (χ1n) is 5.54. The van der Waals surface area contributed by atoms with Crippen LogP contribution in [-0.4, -0.2) is 23.0 Å². The number of carbonyl (C=O) groups is 1. The predicted molar refractivity (Wildman–Crippen MR) is 57.2 cm³/mol. The standard InChI is InChI=1S/C12H12F3NO2/c1-11(4-2-6-18-11)10(17)8-7-16-5-3-9(8)12(13,14)15/h3,5,7H,2,4,6H2,1H3. The molecule has 0 saturated carbocycles. The van der Waals surface area contributed by atoms with E-state index >= 15 is 0 Å². The fourth-order valence-corrected chi connectivity index (χ4v) is 2.07. The Hall–Kier alpha value is -1.43. The van der Waals surface area contributed by atoms with Crippen molar-refractivity contribution in [3.8, 4) is 0 Å². The Morgan fingerprint density at radius 3 is 2.78 bits per heavy atom. The first-order valence-corrected chi connectivity index (χ1v) is 5.54. The zero-order valence-corrected chi connectivity index (χ0v) is 9.75. The smallest absolute Gasteiger partial charge is 0.367 e. The lowest BCUT2D eigenvalue weighted by Gasteiger charge is -2.23. The molecule has 1 aliphatic rings. The van der Waals surface area contributed by atoms with Gasteiger partial charge in [-0.1, -0.05) is 0 Å². The second-order valence-corrected chi connectivity index (χ2v) is 4.43. The number of Topliss-reactive ketones (excluding diaryl/α,β-unsaturated/α-hetero) is 1. The SMILES string of the molecule is CC1(C(=O)c2cnccc2C(F)(F)F)CCCO1. The highest BCUT2D eigenvalue weighted by Crippen LogP contribution is 2.35. The molecule has 3 nitrogen and oxygen atoms in total. The van der Waals surface area contributed by atoms with Gasteiger partial charge >= 0.3 is 6.18 Å². The largest absolute Gasteiger partial charge is 0.417 e. The minimum Gasteiger partial charge on any atom is -0.367 e. The fourth-order valence-electron chi connectivity index (χ4n) is 2.07. The molecule has 1 saturated heterocycles. The summed E-state index contributed by atoms with van der Waals surface area (Å²) in [5.41, 5.74) is -2.54. The lowest BCUT2D eigenvalue weighted by atomic mass is 9.90. The van der Waals surface area contributed by atoms with Crippen LogP contribution in [-0.2, 0) is 10.9 Å². The number of hydrogen-bond donors (Lipinski definition) is 0. The number of alkyl halides is 3. The van der Waals surface area contributed by atoms with Gasteiger partial charge in [-0.05, 0) is 25.8 Å². The van der Waals surface area contributed by atoms with E-state index in [0.717, 1.165) is 18.5 Å². The van der Waals surface area contributed by atoms with E-state index in [4.69, 9.17) is 4.74 Å². The molecule has 2 heterocycles. The number of ketones is 1. The van der Waals surface area contributed by atoms with Crippen molar-refractivity contribution in [1.82, 2.24) is 4.98 Å². The maximum Gasteiger partial charge on any atom is 0.417 e. The number of hydrogen-bond acceptors (Lipinski definition) is 3. The number of pyridine rings is 1. The maximum absolute atomic E-state index is 12.8. The monoisotopic (exact) mass is 259 g/mol. The lowest BCUT2D eigenvalue weighted by Crippen LogP contribution is -2.35. The van der Waals surface area contributed by atoms with Crippen LogP contribution >= 0.6 is 0 Å². The van der Waals surface area contributed by atoms with Gasteiger partial charge in [0.25, 0.3) is 0 Å². The first-order chi connectivity index (χ1) is 8.34. The predicted octanol–water partition coefficient (Wildman–Crippen LogP) is 2.85. The molecule has 0 spiro atoms. The van der Waals surface area contributed by atoms with Gasteiger partial charge in [0.2, 0.25) is 0 Å². The van der Waals surface area contributed by atoms with E-state index in [9.17, 15) is 18.0 Å². The fraction of sp³-hybridized carbons (Fsp3) is 0.500. The summed E-state index contributed by atoms with van der Waals surface area (Å²) in [6.45, 7) is 1.92. The van der Waals surface area contributed by atoms with Gasteiger partial charge in [0.15, 0.2) is 5.78 Å². The molecular weight excluding hydrogens is 247 g/mol. The van der Waals surface area contributed by atoms with Gasteiger partial charge in [-0.15, -0.1) is 0 Å². The number of halogens is 3. The Kier molecular flexibility index (Phi) is 3.14. The third kappa shape index (κ3) is 2.25. The molecule has 2 rings (SSSR count). The van der Waals surface area contributed by atoms with Gasteiger partial charge in [-0.25, -0.2) is 0 Å². The molecule has 18 heavy (non-hydrogen) atoms. The minimum atomic E-state index is -4.57. The van der Waals surface area contributed by atoms with Crippen molar-refractivity contribution in [2.45, 2.75) is 31.5 Å². The van der Waals surface area contributed by atoms with Crippen molar-refractivity contribution in [1.29, 1.82) is 0 Å². The summed E-state index contributed by atoms with van der Waals surface area (Å²) >= 11 is 0. The number of carbonyl (C=O) groups excluding carboxylic acids is 1. The van der Waals surface area contributed by atoms with E-state index < -0.39 is 28.7 Å². The molecular formula is C12H12F3NO2. The summed E-state index contributed by atoms with van der Waals surface area (Å²) in [4.78, 5) is 15.8. The minimum absolute atomic E-state index is 0.393. The number of aromatic nitrogens is 1. The Morgan fingerprint density at radius 2 is 2.22 bits per heavy atom. The van der Waals surface area contributed by atoms with Crippen LogP contribution in [0.3, 0.4) is 0 Å². The van der Waals surface area contributed by atoms with Gasteiger partial charge in [0.05, 0.1) is 11.1 Å². The Balaban J connectivity index is 2.42. The van der Waals surface area contributed by atoms with Crippen LogP contribution in [0.1, 0.15) is 35.7 Å². The summed E-state index contributed by atoms with van der Waals surface area (Å²) < 4.78 is 43.7. The molecule has 1 unspecified atom stereocenters. The Labute approximate surface area is 102 Å².